The molecule has 4 aromatic rings. The summed E-state index contributed by atoms with van der Waals surface area (Å²) >= 11 is 14.1. The average Bonchev–Trinajstić information content (AvgIpc) is 3.17. The van der Waals surface area contributed by atoms with Crippen LogP contribution in [0, 0.1) is 0 Å². The van der Waals surface area contributed by atoms with E-state index in [2.05, 4.69) is 10.2 Å². The lowest BCUT2D eigenvalue weighted by Crippen LogP contribution is -2.24. The van der Waals surface area contributed by atoms with E-state index < -0.39 is 0 Å². The van der Waals surface area contributed by atoms with Gasteiger partial charge in [-0.3, -0.25) is 13.8 Å². The predicted molar refractivity (Wildman–Crippen MR) is 122 cm³/mol. The summed E-state index contributed by atoms with van der Waals surface area (Å²) in [6, 6.07) is 13.0. The number of aromatic nitrogens is 4. The van der Waals surface area contributed by atoms with Gasteiger partial charge in [-0.05, 0) is 43.2 Å². The molecule has 0 saturated heterocycles. The van der Waals surface area contributed by atoms with Crippen molar-refractivity contribution in [2.24, 2.45) is 0 Å². The molecule has 6 nitrogen and oxygen atoms in total. The summed E-state index contributed by atoms with van der Waals surface area (Å²) in [7, 11) is 0. The first-order chi connectivity index (χ1) is 14.6. The van der Waals surface area contributed by atoms with Crippen molar-refractivity contribution < 1.29 is 4.74 Å². The molecule has 0 bridgehead atoms. The quantitative estimate of drug-likeness (QED) is 0.270. The van der Waals surface area contributed by atoms with Crippen LogP contribution in [0.5, 0.6) is 0 Å². The Hall–Kier alpha value is -2.06. The highest BCUT2D eigenvalue weighted by Crippen LogP contribution is 2.31. The van der Waals surface area contributed by atoms with E-state index in [0.717, 1.165) is 11.1 Å². The normalized spacial score (nSPS) is 11.6. The molecule has 2 aromatic heterocycles. The van der Waals surface area contributed by atoms with E-state index in [9.17, 15) is 4.79 Å². The minimum atomic E-state index is -0.0762. The molecular weight excluding hydrogens is 443 g/mol. The molecule has 9 heteroatoms. The van der Waals surface area contributed by atoms with E-state index >= 15 is 0 Å². The van der Waals surface area contributed by atoms with Gasteiger partial charge in [-0.1, -0.05) is 53.2 Å². The van der Waals surface area contributed by atoms with Gasteiger partial charge in [-0.15, -0.1) is 10.2 Å². The second-order valence-electron chi connectivity index (χ2n) is 6.63. The topological polar surface area (TPSA) is 61.4 Å². The third kappa shape index (κ3) is 4.07. The van der Waals surface area contributed by atoms with Gasteiger partial charge in [-0.25, -0.2) is 0 Å². The molecule has 0 radical (unpaired) electrons. The summed E-state index contributed by atoms with van der Waals surface area (Å²) < 4.78 is 9.01. The van der Waals surface area contributed by atoms with Gasteiger partial charge in [0.25, 0.3) is 5.56 Å². The zero-order valence-electron chi connectivity index (χ0n) is 16.3. The highest BCUT2D eigenvalue weighted by atomic mass is 35.5. The third-order valence-corrected chi connectivity index (χ3v) is 6.42. The second-order valence-corrected chi connectivity index (χ2v) is 8.39. The summed E-state index contributed by atoms with van der Waals surface area (Å²) in [6.45, 7) is 3.70. The van der Waals surface area contributed by atoms with Gasteiger partial charge in [-0.2, -0.15) is 0 Å². The van der Waals surface area contributed by atoms with E-state index in [-0.39, 0.29) is 5.56 Å². The molecule has 0 aliphatic rings. The monoisotopic (exact) mass is 462 g/mol. The lowest BCUT2D eigenvalue weighted by molar-refractivity contribution is 0.141. The van der Waals surface area contributed by atoms with Gasteiger partial charge in [0.1, 0.15) is 0 Å². The Morgan fingerprint density at radius 3 is 2.60 bits per heavy atom. The highest BCUT2D eigenvalue weighted by molar-refractivity contribution is 7.98. The van der Waals surface area contributed by atoms with Crippen molar-refractivity contribution in [1.82, 2.24) is 19.2 Å². The first kappa shape index (κ1) is 21.2. The van der Waals surface area contributed by atoms with Crippen molar-refractivity contribution in [3.8, 4) is 0 Å². The van der Waals surface area contributed by atoms with Gasteiger partial charge < -0.3 is 4.74 Å². The molecule has 0 atom stereocenters. The van der Waals surface area contributed by atoms with Crippen molar-refractivity contribution in [1.29, 1.82) is 0 Å². The fourth-order valence-electron chi connectivity index (χ4n) is 3.30. The average molecular weight is 463 g/mol. The minimum absolute atomic E-state index is 0.0762. The summed E-state index contributed by atoms with van der Waals surface area (Å²) in [6.07, 6.45) is 0.715. The number of aryl methyl sites for hydroxylation is 1. The molecular formula is C21H20Cl2N4O2S. The SMILES string of the molecule is CCOCCCn1c(=O)c2ccccc2n2c(SCc3c(Cl)cccc3Cl)nnc12. The van der Waals surface area contributed by atoms with Crippen LogP contribution in [0.2, 0.25) is 10.0 Å². The molecule has 0 spiro atoms. The van der Waals surface area contributed by atoms with E-state index in [4.69, 9.17) is 27.9 Å². The Labute approximate surface area is 187 Å². The Morgan fingerprint density at radius 1 is 1.07 bits per heavy atom. The molecule has 0 aliphatic heterocycles. The number of rotatable bonds is 8. The summed E-state index contributed by atoms with van der Waals surface area (Å²) in [5, 5.41) is 11.2. The number of nitrogens with zero attached hydrogens (tertiary/aromatic N) is 4. The van der Waals surface area contributed by atoms with Gasteiger partial charge in [0, 0.05) is 35.6 Å². The molecule has 0 amide bonds. The smallest absolute Gasteiger partial charge is 0.262 e. The van der Waals surface area contributed by atoms with Crippen LogP contribution in [-0.2, 0) is 17.0 Å². The number of hydrogen-bond acceptors (Lipinski definition) is 5. The van der Waals surface area contributed by atoms with E-state index in [0.29, 0.717) is 58.3 Å². The van der Waals surface area contributed by atoms with Gasteiger partial charge in [0.05, 0.1) is 10.9 Å². The van der Waals surface area contributed by atoms with Crippen molar-refractivity contribution in [3.05, 3.63) is 68.4 Å². The number of benzene rings is 2. The molecule has 4 rings (SSSR count). The van der Waals surface area contributed by atoms with Crippen LogP contribution in [-0.4, -0.2) is 32.4 Å². The molecule has 2 heterocycles. The Morgan fingerprint density at radius 2 is 1.83 bits per heavy atom. The maximum atomic E-state index is 13.1. The van der Waals surface area contributed by atoms with Crippen molar-refractivity contribution in [2.45, 2.75) is 30.8 Å². The number of halogens is 2. The Kier molecular flexibility index (Phi) is 6.63. The molecule has 0 N–H and O–H groups in total. The molecule has 156 valence electrons. The summed E-state index contributed by atoms with van der Waals surface area (Å²) in [5.41, 5.74) is 1.54. The van der Waals surface area contributed by atoms with Gasteiger partial charge in [0.15, 0.2) is 5.16 Å². The molecule has 0 aliphatic carbocycles. The lowest BCUT2D eigenvalue weighted by atomic mass is 10.2. The highest BCUT2D eigenvalue weighted by Gasteiger charge is 2.17. The zero-order valence-corrected chi connectivity index (χ0v) is 18.7. The fraction of sp³-hybridized carbons (Fsp3) is 0.286. The molecule has 0 saturated carbocycles. The van der Waals surface area contributed by atoms with Crippen LogP contribution in [0.25, 0.3) is 16.7 Å². The van der Waals surface area contributed by atoms with Crippen LogP contribution < -0.4 is 5.56 Å². The maximum absolute atomic E-state index is 13.1. The number of thioether (sulfide) groups is 1. The first-order valence-corrected chi connectivity index (χ1v) is 11.4. The van der Waals surface area contributed by atoms with E-state index in [1.807, 2.05) is 53.8 Å². The Bertz CT molecular complexity index is 1230. The van der Waals surface area contributed by atoms with Crippen LogP contribution in [0.1, 0.15) is 18.9 Å². The molecule has 0 fully saturated rings. The minimum Gasteiger partial charge on any atom is -0.382 e. The summed E-state index contributed by atoms with van der Waals surface area (Å²) in [5.74, 6) is 1.06. The van der Waals surface area contributed by atoms with Crippen molar-refractivity contribution in [2.75, 3.05) is 13.2 Å². The van der Waals surface area contributed by atoms with Crippen LogP contribution in [0.15, 0.2) is 52.4 Å². The number of para-hydroxylation sites is 1. The molecule has 2 aromatic carbocycles. The predicted octanol–water partition coefficient (Wildman–Crippen LogP) is 5.07. The number of fused-ring (bicyclic) bond motifs is 3. The van der Waals surface area contributed by atoms with E-state index in [1.165, 1.54) is 11.8 Å². The van der Waals surface area contributed by atoms with Crippen molar-refractivity contribution in [3.63, 3.8) is 0 Å². The zero-order chi connectivity index (χ0) is 21.1. The maximum Gasteiger partial charge on any atom is 0.262 e. The number of hydrogen-bond donors (Lipinski definition) is 0. The van der Waals surface area contributed by atoms with E-state index in [1.54, 1.807) is 4.57 Å². The molecule has 0 unspecified atom stereocenters. The second kappa shape index (κ2) is 9.39. The first-order valence-electron chi connectivity index (χ1n) is 9.62. The van der Waals surface area contributed by atoms with Crippen molar-refractivity contribution >= 4 is 51.6 Å². The van der Waals surface area contributed by atoms with Crippen LogP contribution >= 0.6 is 35.0 Å². The number of ether oxygens (including phenoxy) is 1. The summed E-state index contributed by atoms with van der Waals surface area (Å²) in [4.78, 5) is 13.1. The lowest BCUT2D eigenvalue weighted by Gasteiger charge is -2.11. The molecule has 30 heavy (non-hydrogen) atoms. The fourth-order valence-corrected chi connectivity index (χ4v) is 4.99. The van der Waals surface area contributed by atoms with Gasteiger partial charge in [0.2, 0.25) is 5.78 Å². The van der Waals surface area contributed by atoms with Crippen LogP contribution in [0.4, 0.5) is 0 Å². The van der Waals surface area contributed by atoms with Crippen LogP contribution in [0.3, 0.4) is 0 Å². The Balaban J connectivity index is 1.76. The largest absolute Gasteiger partial charge is 0.382 e. The third-order valence-electron chi connectivity index (χ3n) is 4.76. The standard InChI is InChI=1S/C21H20Cl2N4O2S/c1-2-29-12-6-11-26-19(28)14-7-3-4-10-18(14)27-20(26)24-25-21(27)30-13-15-16(22)8-5-9-17(15)23/h3-5,7-10H,2,6,11-13H2,1H3. The van der Waals surface area contributed by atoms with Gasteiger partial charge >= 0.3 is 0 Å².